The van der Waals surface area contributed by atoms with Crippen LogP contribution in [0.4, 0.5) is 0 Å². The second kappa shape index (κ2) is 5.11. The van der Waals surface area contributed by atoms with Gasteiger partial charge >= 0.3 is 0 Å². The zero-order chi connectivity index (χ0) is 14.4. The Bertz CT molecular complexity index is 779. The van der Waals surface area contributed by atoms with Crippen LogP contribution in [0.2, 0.25) is 0 Å². The van der Waals surface area contributed by atoms with Gasteiger partial charge in [0, 0.05) is 8.95 Å². The van der Waals surface area contributed by atoms with Crippen LogP contribution in [0.1, 0.15) is 11.1 Å². The monoisotopic (exact) mass is 398 g/mol. The van der Waals surface area contributed by atoms with Gasteiger partial charge in [-0.05, 0) is 64.1 Å². The van der Waals surface area contributed by atoms with Crippen molar-refractivity contribution in [2.45, 2.75) is 6.42 Å². The van der Waals surface area contributed by atoms with Crippen LogP contribution in [0.15, 0.2) is 69.6 Å². The Labute approximate surface area is 141 Å². The zero-order valence-corrected chi connectivity index (χ0v) is 14.4. The second-order valence-electron chi connectivity index (χ2n) is 5.33. The first kappa shape index (κ1) is 13.3. The van der Waals surface area contributed by atoms with Crippen molar-refractivity contribution in [1.82, 2.24) is 0 Å². The molecule has 0 atom stereocenters. The van der Waals surface area contributed by atoms with E-state index in [0.717, 1.165) is 15.4 Å². The van der Waals surface area contributed by atoms with Crippen LogP contribution in [0.25, 0.3) is 22.3 Å². The molecule has 0 unspecified atom stereocenters. The van der Waals surface area contributed by atoms with Crippen molar-refractivity contribution in [3.05, 3.63) is 80.7 Å². The normalized spacial score (nSPS) is 12.1. The maximum atomic E-state index is 3.61. The predicted molar refractivity (Wildman–Crippen MR) is 95.5 cm³/mol. The van der Waals surface area contributed by atoms with E-state index in [4.69, 9.17) is 0 Å². The first-order valence-electron chi connectivity index (χ1n) is 6.89. The van der Waals surface area contributed by atoms with Crippen molar-refractivity contribution < 1.29 is 0 Å². The fraction of sp³-hybridized carbons (Fsp3) is 0.0526. The van der Waals surface area contributed by atoms with Gasteiger partial charge in [-0.2, -0.15) is 0 Å². The molecule has 0 N–H and O–H groups in total. The molecule has 0 amide bonds. The zero-order valence-electron chi connectivity index (χ0n) is 11.2. The molecule has 21 heavy (non-hydrogen) atoms. The molecular formula is C19H12Br2. The Morgan fingerprint density at radius 3 is 1.52 bits per heavy atom. The van der Waals surface area contributed by atoms with E-state index in [2.05, 4.69) is 92.5 Å². The average Bonchev–Trinajstić information content (AvgIpc) is 2.63. The highest BCUT2D eigenvalue weighted by Crippen LogP contribution is 2.42. The lowest BCUT2D eigenvalue weighted by Crippen LogP contribution is -1.90. The molecule has 0 saturated heterocycles. The van der Waals surface area contributed by atoms with E-state index in [9.17, 15) is 0 Å². The third-order valence-electron chi connectivity index (χ3n) is 4.03. The van der Waals surface area contributed by atoms with Crippen LogP contribution < -0.4 is 0 Å². The van der Waals surface area contributed by atoms with E-state index in [0.29, 0.717) is 0 Å². The topological polar surface area (TPSA) is 0 Å². The van der Waals surface area contributed by atoms with Gasteiger partial charge in [0.05, 0.1) is 0 Å². The van der Waals surface area contributed by atoms with Crippen molar-refractivity contribution in [3.8, 4) is 22.3 Å². The highest BCUT2D eigenvalue weighted by atomic mass is 79.9. The molecule has 3 aromatic carbocycles. The smallest absolute Gasteiger partial charge is 0.0181 e. The maximum Gasteiger partial charge on any atom is 0.0181 e. The van der Waals surface area contributed by atoms with Crippen molar-refractivity contribution >= 4 is 31.9 Å². The summed E-state index contributed by atoms with van der Waals surface area (Å²) in [6.45, 7) is 0. The summed E-state index contributed by atoms with van der Waals surface area (Å²) in [4.78, 5) is 0. The lowest BCUT2D eigenvalue weighted by atomic mass is 9.95. The lowest BCUT2D eigenvalue weighted by Gasteiger charge is -2.10. The molecule has 1 aliphatic carbocycles. The fourth-order valence-electron chi connectivity index (χ4n) is 3.07. The van der Waals surface area contributed by atoms with Gasteiger partial charge in [0.1, 0.15) is 0 Å². The van der Waals surface area contributed by atoms with Gasteiger partial charge in [-0.1, -0.05) is 68.3 Å². The number of fused-ring (bicyclic) bond motifs is 5. The van der Waals surface area contributed by atoms with E-state index in [1.807, 2.05) is 0 Å². The molecule has 0 aromatic heterocycles. The van der Waals surface area contributed by atoms with Gasteiger partial charge in [-0.3, -0.25) is 0 Å². The summed E-state index contributed by atoms with van der Waals surface area (Å²) in [6, 6.07) is 21.9. The van der Waals surface area contributed by atoms with Crippen molar-refractivity contribution in [1.29, 1.82) is 0 Å². The summed E-state index contributed by atoms with van der Waals surface area (Å²) in [5.74, 6) is 0. The van der Waals surface area contributed by atoms with Crippen LogP contribution in [0.5, 0.6) is 0 Å². The molecule has 4 rings (SSSR count). The Morgan fingerprint density at radius 1 is 0.571 bits per heavy atom. The molecule has 0 spiro atoms. The number of halogens is 2. The minimum atomic E-state index is 0.972. The number of hydrogen-bond acceptors (Lipinski definition) is 0. The Hall–Kier alpha value is -1.38. The summed E-state index contributed by atoms with van der Waals surface area (Å²) < 4.78 is 2.26. The molecule has 2 heteroatoms. The molecule has 0 heterocycles. The largest absolute Gasteiger partial charge is 0.0616 e. The maximum absolute atomic E-state index is 3.61. The minimum Gasteiger partial charge on any atom is -0.0616 e. The molecule has 102 valence electrons. The van der Waals surface area contributed by atoms with Gasteiger partial charge in [-0.15, -0.1) is 0 Å². The Balaban J connectivity index is 2.11. The molecule has 0 bridgehead atoms. The van der Waals surface area contributed by atoms with Gasteiger partial charge in [0.2, 0.25) is 0 Å². The van der Waals surface area contributed by atoms with Crippen LogP contribution in [-0.2, 0) is 6.42 Å². The van der Waals surface area contributed by atoms with Gasteiger partial charge < -0.3 is 0 Å². The Kier molecular flexibility index (Phi) is 3.24. The van der Waals surface area contributed by atoms with Crippen LogP contribution in [-0.4, -0.2) is 0 Å². The van der Waals surface area contributed by atoms with Crippen LogP contribution >= 0.6 is 31.9 Å². The third kappa shape index (κ3) is 2.27. The third-order valence-corrected chi connectivity index (χ3v) is 5.02. The van der Waals surface area contributed by atoms with Crippen LogP contribution in [0.3, 0.4) is 0 Å². The molecular weight excluding hydrogens is 388 g/mol. The second-order valence-corrected chi connectivity index (χ2v) is 7.16. The van der Waals surface area contributed by atoms with Gasteiger partial charge in [-0.25, -0.2) is 0 Å². The van der Waals surface area contributed by atoms with E-state index >= 15 is 0 Å². The number of hydrogen-bond donors (Lipinski definition) is 0. The predicted octanol–water partition coefficient (Wildman–Crippen LogP) is 6.45. The van der Waals surface area contributed by atoms with Crippen molar-refractivity contribution in [2.75, 3.05) is 0 Å². The van der Waals surface area contributed by atoms with Crippen molar-refractivity contribution in [3.63, 3.8) is 0 Å². The quantitative estimate of drug-likeness (QED) is 0.318. The summed E-state index contributed by atoms with van der Waals surface area (Å²) in [7, 11) is 0. The lowest BCUT2D eigenvalue weighted by molar-refractivity contribution is 1.21. The number of benzene rings is 3. The standard InChI is InChI=1S/C19H12Br2/c20-14-7-5-12-9-13-6-8-15(21)11-19(13)17-4-2-1-3-16(17)18(12)10-14/h1-8,10-11H,9H2. The molecule has 0 saturated carbocycles. The summed E-state index contributed by atoms with van der Waals surface area (Å²) in [5.41, 5.74) is 8.04. The summed E-state index contributed by atoms with van der Waals surface area (Å²) >= 11 is 7.21. The van der Waals surface area contributed by atoms with Crippen LogP contribution in [0, 0.1) is 0 Å². The molecule has 0 nitrogen and oxygen atoms in total. The summed E-state index contributed by atoms with van der Waals surface area (Å²) in [6.07, 6.45) is 0.972. The fourth-order valence-corrected chi connectivity index (χ4v) is 3.79. The first-order chi connectivity index (χ1) is 10.2. The van der Waals surface area contributed by atoms with E-state index in [1.54, 1.807) is 0 Å². The SMILES string of the molecule is Brc1ccc2c(c1)-c1ccccc1-c1cc(Br)ccc1C2. The van der Waals surface area contributed by atoms with E-state index in [-0.39, 0.29) is 0 Å². The highest BCUT2D eigenvalue weighted by molar-refractivity contribution is 9.10. The average molecular weight is 400 g/mol. The molecule has 0 radical (unpaired) electrons. The first-order valence-corrected chi connectivity index (χ1v) is 8.47. The Morgan fingerprint density at radius 2 is 1.05 bits per heavy atom. The van der Waals surface area contributed by atoms with E-state index in [1.165, 1.54) is 33.4 Å². The number of rotatable bonds is 0. The summed E-state index contributed by atoms with van der Waals surface area (Å²) in [5, 5.41) is 0. The van der Waals surface area contributed by atoms with Gasteiger partial charge in [0.15, 0.2) is 0 Å². The molecule has 0 aliphatic heterocycles. The molecule has 0 fully saturated rings. The van der Waals surface area contributed by atoms with E-state index < -0.39 is 0 Å². The highest BCUT2D eigenvalue weighted by Gasteiger charge is 2.19. The molecule has 1 aliphatic rings. The van der Waals surface area contributed by atoms with Gasteiger partial charge in [0.25, 0.3) is 0 Å². The minimum absolute atomic E-state index is 0.972. The molecule has 3 aromatic rings. The van der Waals surface area contributed by atoms with Crippen molar-refractivity contribution in [2.24, 2.45) is 0 Å².